The minimum absolute atomic E-state index is 0.106. The van der Waals surface area contributed by atoms with Gasteiger partial charge in [0.05, 0.1) is 17.7 Å². The number of benzene rings is 1. The SMILES string of the molecule is CCCCC(NC(=O)c1ccc2c(c1)C(=O)N(Cc1ccncc1)C2=O)C(=O)O. The third-order valence-corrected chi connectivity index (χ3v) is 4.77. The molecule has 1 unspecified atom stereocenters. The molecule has 0 fully saturated rings. The number of carboxylic acids is 1. The Balaban J connectivity index is 1.78. The van der Waals surface area contributed by atoms with Crippen LogP contribution < -0.4 is 5.32 Å². The fourth-order valence-corrected chi connectivity index (χ4v) is 3.15. The molecule has 3 rings (SSSR count). The highest BCUT2D eigenvalue weighted by Crippen LogP contribution is 2.25. The number of aromatic nitrogens is 1. The summed E-state index contributed by atoms with van der Waals surface area (Å²) in [6.07, 6.45) is 4.95. The minimum atomic E-state index is -1.11. The van der Waals surface area contributed by atoms with Crippen LogP contribution in [0.3, 0.4) is 0 Å². The van der Waals surface area contributed by atoms with Crippen LogP contribution in [0.1, 0.15) is 62.8 Å². The number of carbonyl (C=O) groups is 4. The van der Waals surface area contributed by atoms with E-state index in [0.29, 0.717) is 12.8 Å². The Hall–Kier alpha value is -3.55. The van der Waals surface area contributed by atoms with Gasteiger partial charge in [0.2, 0.25) is 0 Å². The number of hydrogen-bond donors (Lipinski definition) is 2. The first-order valence-electron chi connectivity index (χ1n) is 9.35. The molecule has 0 spiro atoms. The average Bonchev–Trinajstić information content (AvgIpc) is 2.96. The number of imide groups is 1. The highest BCUT2D eigenvalue weighted by molar-refractivity contribution is 6.22. The predicted octanol–water partition coefficient (Wildman–Crippen LogP) is 2.25. The Kier molecular flexibility index (Phi) is 6.01. The van der Waals surface area contributed by atoms with Gasteiger partial charge >= 0.3 is 5.97 Å². The summed E-state index contributed by atoms with van der Waals surface area (Å²) >= 11 is 0. The first-order chi connectivity index (χ1) is 13.9. The summed E-state index contributed by atoms with van der Waals surface area (Å²) in [7, 11) is 0. The van der Waals surface area contributed by atoms with Crippen LogP contribution >= 0.6 is 0 Å². The van der Waals surface area contributed by atoms with Crippen molar-refractivity contribution in [3.8, 4) is 0 Å². The number of pyridine rings is 1. The molecule has 8 nitrogen and oxygen atoms in total. The van der Waals surface area contributed by atoms with Crippen molar-refractivity contribution in [3.63, 3.8) is 0 Å². The molecule has 1 aliphatic heterocycles. The maximum absolute atomic E-state index is 12.7. The van der Waals surface area contributed by atoms with Crippen LogP contribution in [0.25, 0.3) is 0 Å². The second-order valence-electron chi connectivity index (χ2n) is 6.82. The Labute approximate surface area is 167 Å². The monoisotopic (exact) mass is 395 g/mol. The molecule has 1 atom stereocenters. The van der Waals surface area contributed by atoms with Crippen molar-refractivity contribution in [1.82, 2.24) is 15.2 Å². The number of amides is 3. The summed E-state index contributed by atoms with van der Waals surface area (Å²) in [4.78, 5) is 54.2. The summed E-state index contributed by atoms with van der Waals surface area (Å²) in [6.45, 7) is 2.04. The molecule has 0 saturated heterocycles. The number of rotatable bonds is 8. The Bertz CT molecular complexity index is 958. The lowest BCUT2D eigenvalue weighted by Crippen LogP contribution is -2.40. The van der Waals surface area contributed by atoms with Gasteiger partial charge < -0.3 is 10.4 Å². The zero-order chi connectivity index (χ0) is 21.0. The van der Waals surface area contributed by atoms with E-state index in [0.717, 1.165) is 16.9 Å². The Morgan fingerprint density at radius 1 is 1.10 bits per heavy atom. The Morgan fingerprint density at radius 2 is 1.79 bits per heavy atom. The van der Waals surface area contributed by atoms with Crippen molar-refractivity contribution in [2.75, 3.05) is 0 Å². The summed E-state index contributed by atoms with van der Waals surface area (Å²) < 4.78 is 0. The molecule has 1 aromatic heterocycles. The summed E-state index contributed by atoms with van der Waals surface area (Å²) in [5.41, 5.74) is 1.25. The number of aliphatic carboxylic acids is 1. The topological polar surface area (TPSA) is 117 Å². The second kappa shape index (κ2) is 8.64. The number of unbranched alkanes of at least 4 members (excludes halogenated alkanes) is 1. The molecule has 8 heteroatoms. The van der Waals surface area contributed by atoms with Crippen molar-refractivity contribution in [2.45, 2.75) is 38.8 Å². The second-order valence-corrected chi connectivity index (χ2v) is 6.82. The van der Waals surface area contributed by atoms with Gasteiger partial charge in [0.25, 0.3) is 17.7 Å². The van der Waals surface area contributed by atoms with E-state index in [1.54, 1.807) is 24.5 Å². The number of nitrogens with zero attached hydrogens (tertiary/aromatic N) is 2. The van der Waals surface area contributed by atoms with Gasteiger partial charge in [0.15, 0.2) is 0 Å². The van der Waals surface area contributed by atoms with Gasteiger partial charge in [-0.15, -0.1) is 0 Å². The third kappa shape index (κ3) is 4.31. The smallest absolute Gasteiger partial charge is 0.326 e. The molecular weight excluding hydrogens is 374 g/mol. The van der Waals surface area contributed by atoms with Gasteiger partial charge in [0, 0.05) is 18.0 Å². The van der Waals surface area contributed by atoms with E-state index < -0.39 is 29.7 Å². The van der Waals surface area contributed by atoms with E-state index in [-0.39, 0.29) is 23.2 Å². The molecule has 0 saturated carbocycles. The Morgan fingerprint density at radius 3 is 2.45 bits per heavy atom. The number of fused-ring (bicyclic) bond motifs is 1. The fraction of sp³-hybridized carbons (Fsp3) is 0.286. The van der Waals surface area contributed by atoms with Gasteiger partial charge in [0.1, 0.15) is 6.04 Å². The van der Waals surface area contributed by atoms with Crippen LogP contribution in [0.4, 0.5) is 0 Å². The number of carbonyl (C=O) groups excluding carboxylic acids is 3. The number of nitrogens with one attached hydrogen (secondary N) is 1. The lowest BCUT2D eigenvalue weighted by Gasteiger charge is -2.14. The zero-order valence-corrected chi connectivity index (χ0v) is 15.9. The van der Waals surface area contributed by atoms with Gasteiger partial charge in [-0.25, -0.2) is 4.79 Å². The van der Waals surface area contributed by atoms with E-state index in [4.69, 9.17) is 0 Å². The zero-order valence-electron chi connectivity index (χ0n) is 15.9. The highest BCUT2D eigenvalue weighted by Gasteiger charge is 2.36. The van der Waals surface area contributed by atoms with Gasteiger partial charge in [-0.2, -0.15) is 0 Å². The normalized spacial score (nSPS) is 13.9. The van der Waals surface area contributed by atoms with Gasteiger partial charge in [-0.1, -0.05) is 19.8 Å². The molecule has 2 aromatic rings. The quantitative estimate of drug-likeness (QED) is 0.662. The van der Waals surface area contributed by atoms with Gasteiger partial charge in [-0.05, 0) is 42.3 Å². The van der Waals surface area contributed by atoms with Crippen LogP contribution in [0.15, 0.2) is 42.7 Å². The van der Waals surface area contributed by atoms with E-state index in [1.165, 1.54) is 18.2 Å². The molecule has 0 radical (unpaired) electrons. The first kappa shape index (κ1) is 20.2. The lowest BCUT2D eigenvalue weighted by atomic mass is 10.0. The van der Waals surface area contributed by atoms with Crippen molar-refractivity contribution in [3.05, 3.63) is 65.0 Å². The van der Waals surface area contributed by atoms with Crippen molar-refractivity contribution >= 4 is 23.7 Å². The molecule has 150 valence electrons. The summed E-state index contributed by atoms with van der Waals surface area (Å²) in [5, 5.41) is 11.8. The number of carboxylic acid groups (broad SMARTS) is 1. The van der Waals surface area contributed by atoms with Gasteiger partial charge in [-0.3, -0.25) is 24.3 Å². The molecule has 0 aliphatic carbocycles. The minimum Gasteiger partial charge on any atom is -0.480 e. The van der Waals surface area contributed by atoms with Crippen LogP contribution in [0, 0.1) is 0 Å². The summed E-state index contributed by atoms with van der Waals surface area (Å²) in [5.74, 6) is -2.62. The van der Waals surface area contributed by atoms with Crippen molar-refractivity contribution < 1.29 is 24.3 Å². The predicted molar refractivity (Wildman–Crippen MR) is 103 cm³/mol. The van der Waals surface area contributed by atoms with E-state index in [2.05, 4.69) is 10.3 Å². The molecule has 29 heavy (non-hydrogen) atoms. The van der Waals surface area contributed by atoms with Crippen molar-refractivity contribution in [2.24, 2.45) is 0 Å². The highest BCUT2D eigenvalue weighted by atomic mass is 16.4. The molecule has 0 bridgehead atoms. The van der Waals surface area contributed by atoms with Crippen LogP contribution in [0.5, 0.6) is 0 Å². The molecule has 2 N–H and O–H groups in total. The molecule has 1 aliphatic rings. The average molecular weight is 395 g/mol. The van der Waals surface area contributed by atoms with Crippen molar-refractivity contribution in [1.29, 1.82) is 0 Å². The largest absolute Gasteiger partial charge is 0.480 e. The maximum Gasteiger partial charge on any atom is 0.326 e. The van der Waals surface area contributed by atoms with E-state index in [9.17, 15) is 24.3 Å². The molecule has 2 heterocycles. The first-order valence-corrected chi connectivity index (χ1v) is 9.35. The van der Waals surface area contributed by atoms with E-state index in [1.807, 2.05) is 6.92 Å². The molecular formula is C21H21N3O5. The fourth-order valence-electron chi connectivity index (χ4n) is 3.15. The maximum atomic E-state index is 12.7. The van der Waals surface area contributed by atoms with Crippen LogP contribution in [-0.4, -0.2) is 44.7 Å². The van der Waals surface area contributed by atoms with E-state index >= 15 is 0 Å². The van der Waals surface area contributed by atoms with Crippen LogP contribution in [-0.2, 0) is 11.3 Å². The van der Waals surface area contributed by atoms with Crippen LogP contribution in [0.2, 0.25) is 0 Å². The number of hydrogen-bond acceptors (Lipinski definition) is 5. The standard InChI is InChI=1S/C21H21N3O5/c1-2-3-4-17(21(28)29)23-18(25)14-5-6-15-16(11-14)20(27)24(19(15)26)12-13-7-9-22-10-8-13/h5-11,17H,2-4,12H2,1H3,(H,23,25)(H,28,29). The summed E-state index contributed by atoms with van der Waals surface area (Å²) in [6, 6.07) is 6.62. The molecule has 1 aromatic carbocycles. The third-order valence-electron chi connectivity index (χ3n) is 4.77. The molecule has 3 amide bonds. The lowest BCUT2D eigenvalue weighted by molar-refractivity contribution is -0.139.